The van der Waals surface area contributed by atoms with Crippen molar-refractivity contribution in [2.45, 2.75) is 44.6 Å². The Morgan fingerprint density at radius 2 is 2.00 bits per heavy atom. The molecule has 1 saturated heterocycles. The zero-order valence-electron chi connectivity index (χ0n) is 12.3. The number of carbonyl (C=O) groups is 2. The number of hydrogen-bond donors (Lipinski definition) is 1. The fourth-order valence-electron chi connectivity index (χ4n) is 3.79. The molecule has 3 atom stereocenters. The van der Waals surface area contributed by atoms with Gasteiger partial charge in [0.1, 0.15) is 0 Å². The van der Waals surface area contributed by atoms with Gasteiger partial charge in [0.15, 0.2) is 0 Å². The minimum atomic E-state index is -0.790. The van der Waals surface area contributed by atoms with Crippen LogP contribution in [0.4, 0.5) is 0 Å². The lowest BCUT2D eigenvalue weighted by Gasteiger charge is -2.31. The number of rotatable bonds is 2. The first-order valence-corrected chi connectivity index (χ1v) is 7.70. The lowest BCUT2D eigenvalue weighted by molar-refractivity contribution is -0.143. The van der Waals surface area contributed by atoms with Crippen molar-refractivity contribution in [2.24, 2.45) is 5.92 Å². The van der Waals surface area contributed by atoms with E-state index in [1.807, 2.05) is 25.1 Å². The molecule has 1 fully saturated rings. The third-order valence-electron chi connectivity index (χ3n) is 5.02. The first-order chi connectivity index (χ1) is 10.1. The summed E-state index contributed by atoms with van der Waals surface area (Å²) in [7, 11) is 0. The first kappa shape index (κ1) is 14.1. The third kappa shape index (κ3) is 2.43. The largest absolute Gasteiger partial charge is 0.481 e. The van der Waals surface area contributed by atoms with E-state index >= 15 is 0 Å². The number of carbonyl (C=O) groups excluding carboxylic acids is 1. The number of aryl methyl sites for hydroxylation is 1. The molecule has 112 valence electrons. The predicted octanol–water partition coefficient (Wildman–Crippen LogP) is 2.43. The van der Waals surface area contributed by atoms with Gasteiger partial charge in [-0.2, -0.15) is 0 Å². The van der Waals surface area contributed by atoms with Gasteiger partial charge >= 0.3 is 5.97 Å². The van der Waals surface area contributed by atoms with Gasteiger partial charge in [0.2, 0.25) is 5.91 Å². The van der Waals surface area contributed by atoms with Gasteiger partial charge in [-0.1, -0.05) is 24.3 Å². The second-order valence-electron chi connectivity index (χ2n) is 6.15. The van der Waals surface area contributed by atoms with E-state index in [0.717, 1.165) is 24.8 Å². The van der Waals surface area contributed by atoms with E-state index in [-0.39, 0.29) is 17.9 Å². The van der Waals surface area contributed by atoms with E-state index in [1.165, 1.54) is 5.56 Å². The molecule has 1 aromatic carbocycles. The molecule has 21 heavy (non-hydrogen) atoms. The Kier molecular flexibility index (Phi) is 3.70. The Bertz CT molecular complexity index is 569. The van der Waals surface area contributed by atoms with Gasteiger partial charge in [-0.25, -0.2) is 0 Å². The summed E-state index contributed by atoms with van der Waals surface area (Å²) < 4.78 is 0. The number of fused-ring (bicyclic) bond motifs is 1. The van der Waals surface area contributed by atoms with Crippen LogP contribution in [0.25, 0.3) is 0 Å². The van der Waals surface area contributed by atoms with Crippen molar-refractivity contribution in [3.8, 4) is 0 Å². The van der Waals surface area contributed by atoms with Crippen molar-refractivity contribution in [3.63, 3.8) is 0 Å². The lowest BCUT2D eigenvalue weighted by Crippen LogP contribution is -2.41. The molecule has 1 aliphatic carbocycles. The molecule has 1 aromatic rings. The van der Waals surface area contributed by atoms with Crippen LogP contribution in [0.3, 0.4) is 0 Å². The highest BCUT2D eigenvalue weighted by molar-refractivity contribution is 5.86. The molecule has 4 heteroatoms. The van der Waals surface area contributed by atoms with Crippen LogP contribution < -0.4 is 0 Å². The van der Waals surface area contributed by atoms with Crippen LogP contribution in [-0.4, -0.2) is 34.5 Å². The summed E-state index contributed by atoms with van der Waals surface area (Å²) in [5.41, 5.74) is 2.41. The maximum Gasteiger partial charge on any atom is 0.308 e. The Labute approximate surface area is 124 Å². The van der Waals surface area contributed by atoms with Gasteiger partial charge in [-0.05, 0) is 43.7 Å². The maximum atomic E-state index is 12.9. The molecule has 2 aliphatic rings. The first-order valence-electron chi connectivity index (χ1n) is 7.70. The average molecular weight is 287 g/mol. The summed E-state index contributed by atoms with van der Waals surface area (Å²) in [6, 6.07) is 7.95. The topological polar surface area (TPSA) is 57.6 Å². The van der Waals surface area contributed by atoms with Crippen LogP contribution in [0.2, 0.25) is 0 Å². The number of likely N-dealkylation sites (tertiary alicyclic amines) is 1. The summed E-state index contributed by atoms with van der Waals surface area (Å²) in [6.45, 7) is 2.42. The van der Waals surface area contributed by atoms with Gasteiger partial charge in [-0.15, -0.1) is 0 Å². The number of hydrogen-bond acceptors (Lipinski definition) is 2. The number of amides is 1. The Morgan fingerprint density at radius 1 is 1.24 bits per heavy atom. The van der Waals surface area contributed by atoms with E-state index in [2.05, 4.69) is 6.07 Å². The summed E-state index contributed by atoms with van der Waals surface area (Å²) in [5.74, 6) is -1.20. The van der Waals surface area contributed by atoms with Gasteiger partial charge in [-0.3, -0.25) is 9.59 Å². The summed E-state index contributed by atoms with van der Waals surface area (Å²) in [4.78, 5) is 25.9. The van der Waals surface area contributed by atoms with E-state index in [9.17, 15) is 14.7 Å². The molecular weight excluding hydrogens is 266 g/mol. The summed E-state index contributed by atoms with van der Waals surface area (Å²) in [5, 5.41) is 9.21. The molecule has 4 nitrogen and oxygen atoms in total. The monoisotopic (exact) mass is 287 g/mol. The van der Waals surface area contributed by atoms with E-state index in [1.54, 1.807) is 4.90 Å². The molecule has 0 spiro atoms. The average Bonchev–Trinajstić information content (AvgIpc) is 2.88. The number of nitrogens with zero attached hydrogens (tertiary/aromatic N) is 1. The molecule has 3 rings (SSSR count). The van der Waals surface area contributed by atoms with Crippen LogP contribution >= 0.6 is 0 Å². The van der Waals surface area contributed by atoms with Crippen LogP contribution in [-0.2, 0) is 16.0 Å². The molecular formula is C17H21NO3. The number of carboxylic acids is 1. The normalized spacial score (nSPS) is 28.2. The minimum absolute atomic E-state index is 0.0926. The van der Waals surface area contributed by atoms with E-state index in [0.29, 0.717) is 13.0 Å². The molecule has 1 aliphatic heterocycles. The van der Waals surface area contributed by atoms with Crippen molar-refractivity contribution in [3.05, 3.63) is 35.4 Å². The van der Waals surface area contributed by atoms with Crippen LogP contribution in [0, 0.1) is 5.92 Å². The van der Waals surface area contributed by atoms with E-state index < -0.39 is 11.9 Å². The predicted molar refractivity (Wildman–Crippen MR) is 79.0 cm³/mol. The second-order valence-corrected chi connectivity index (χ2v) is 6.15. The smallest absolute Gasteiger partial charge is 0.308 e. The van der Waals surface area contributed by atoms with Crippen LogP contribution in [0.5, 0.6) is 0 Å². The van der Waals surface area contributed by atoms with Gasteiger partial charge < -0.3 is 10.0 Å². The van der Waals surface area contributed by atoms with Gasteiger partial charge in [0.05, 0.1) is 11.8 Å². The van der Waals surface area contributed by atoms with Crippen molar-refractivity contribution in [1.29, 1.82) is 0 Å². The number of aliphatic carboxylic acids is 1. The SMILES string of the molecule is CC1C(C(=O)O)CCN1C(=O)C1CCCc2ccccc21. The second kappa shape index (κ2) is 5.51. The van der Waals surface area contributed by atoms with Crippen molar-refractivity contribution in [1.82, 2.24) is 4.90 Å². The standard InChI is InChI=1S/C17H21NO3/c1-11-13(17(20)21)9-10-18(11)16(19)15-8-4-6-12-5-2-3-7-14(12)15/h2-3,5,7,11,13,15H,4,6,8-10H2,1H3,(H,20,21). The molecule has 0 radical (unpaired) electrons. The highest BCUT2D eigenvalue weighted by Crippen LogP contribution is 2.35. The Balaban J connectivity index is 1.83. The third-order valence-corrected chi connectivity index (χ3v) is 5.02. The summed E-state index contributed by atoms with van der Waals surface area (Å²) >= 11 is 0. The van der Waals surface area contributed by atoms with Crippen LogP contribution in [0.1, 0.15) is 43.2 Å². The maximum absolute atomic E-state index is 12.9. The molecule has 1 amide bonds. The van der Waals surface area contributed by atoms with E-state index in [4.69, 9.17) is 0 Å². The zero-order chi connectivity index (χ0) is 15.0. The van der Waals surface area contributed by atoms with Crippen molar-refractivity contribution in [2.75, 3.05) is 6.54 Å². The number of benzene rings is 1. The molecule has 0 saturated carbocycles. The van der Waals surface area contributed by atoms with Crippen molar-refractivity contribution >= 4 is 11.9 Å². The highest BCUT2D eigenvalue weighted by atomic mass is 16.4. The van der Waals surface area contributed by atoms with Gasteiger partial charge in [0.25, 0.3) is 0 Å². The summed E-state index contributed by atoms with van der Waals surface area (Å²) in [6.07, 6.45) is 3.50. The molecule has 1 N–H and O–H groups in total. The fourth-order valence-corrected chi connectivity index (χ4v) is 3.79. The molecule has 0 bridgehead atoms. The molecule has 1 heterocycles. The highest BCUT2D eigenvalue weighted by Gasteiger charge is 2.41. The fraction of sp³-hybridized carbons (Fsp3) is 0.529. The lowest BCUT2D eigenvalue weighted by atomic mass is 9.82. The van der Waals surface area contributed by atoms with Crippen LogP contribution in [0.15, 0.2) is 24.3 Å². The minimum Gasteiger partial charge on any atom is -0.481 e. The Morgan fingerprint density at radius 3 is 2.71 bits per heavy atom. The number of carboxylic acid groups (broad SMARTS) is 1. The Hall–Kier alpha value is -1.84. The molecule has 3 unspecified atom stereocenters. The van der Waals surface area contributed by atoms with Gasteiger partial charge in [0, 0.05) is 12.6 Å². The zero-order valence-corrected chi connectivity index (χ0v) is 12.3. The van der Waals surface area contributed by atoms with Crippen molar-refractivity contribution < 1.29 is 14.7 Å². The quantitative estimate of drug-likeness (QED) is 0.909. The molecule has 0 aromatic heterocycles.